The maximum absolute atomic E-state index is 2.67. The number of hydrogen-bond acceptors (Lipinski definition) is 1. The third kappa shape index (κ3) is 6.68. The third-order valence-corrected chi connectivity index (χ3v) is 17.1. The van der Waals surface area contributed by atoms with E-state index >= 15 is 0 Å². The second-order valence-electron chi connectivity index (χ2n) is 20.7. The molecule has 14 rings (SSSR count). The summed E-state index contributed by atoms with van der Waals surface area (Å²) < 4.78 is 0. The standard InChI is InChI=1S/C72H57N/c1-6-23-50(24-7-1)51-41-43-53(44-42-51)69-59-34-17-16-25-52(59)45-48-68(69)73(58-46-47-61-60-35-18-20-37-63(60)72(66(61)49-58,56-30-12-4-13-31-56)57-32-14-5-15-33-57)67-40-22-39-65-70(67)62-36-19-21-38-64(62)71(65,54-26-8-2-9-27-54)55-28-10-3-11-29-55/h1-4,6-8,10,12-14,16-26,28,30-32,34-49,57H,5,9,11,15,27,29,33H2. The number of anilines is 3. The van der Waals surface area contributed by atoms with E-state index in [4.69, 9.17) is 0 Å². The van der Waals surface area contributed by atoms with Crippen molar-refractivity contribution < 1.29 is 0 Å². The SMILES string of the molecule is C1=CCCC(C2(C3=CC=CCC3)c3ccccc3-c3c(N(c4ccc5c(c4)C(c4ccccc4)(C4C=CCCC4)c4ccccc4-5)c4ccc5ccccc5c4-c4ccc(-c5ccccc5)cc4)cccc32)=C1. The monoisotopic (exact) mass is 935 g/mol. The molecule has 1 heteroatoms. The first-order chi connectivity index (χ1) is 36.2. The van der Waals surface area contributed by atoms with Crippen molar-refractivity contribution in [3.8, 4) is 44.5 Å². The van der Waals surface area contributed by atoms with Gasteiger partial charge in [0.05, 0.1) is 22.2 Å². The molecule has 2 atom stereocenters. The topological polar surface area (TPSA) is 3.24 Å². The van der Waals surface area contributed by atoms with Crippen molar-refractivity contribution in [2.24, 2.45) is 5.92 Å². The van der Waals surface area contributed by atoms with Crippen molar-refractivity contribution in [3.63, 3.8) is 0 Å². The number of nitrogens with zero attached hydrogens (tertiary/aromatic N) is 1. The molecular weight excluding hydrogens is 879 g/mol. The molecule has 0 amide bonds. The fourth-order valence-corrected chi connectivity index (χ4v) is 14.1. The maximum Gasteiger partial charge on any atom is 0.0640 e. The first kappa shape index (κ1) is 43.5. The molecule has 0 aliphatic heterocycles. The number of rotatable bonds is 9. The minimum atomic E-state index is -0.391. The predicted octanol–water partition coefficient (Wildman–Crippen LogP) is 19.1. The molecule has 0 heterocycles. The zero-order valence-corrected chi connectivity index (χ0v) is 41.2. The van der Waals surface area contributed by atoms with Gasteiger partial charge in [0.15, 0.2) is 0 Å². The highest BCUT2D eigenvalue weighted by atomic mass is 15.1. The molecule has 0 fully saturated rings. The molecule has 5 aliphatic carbocycles. The van der Waals surface area contributed by atoms with E-state index in [1.807, 2.05) is 0 Å². The van der Waals surface area contributed by atoms with Crippen LogP contribution < -0.4 is 4.90 Å². The number of benzene rings is 9. The first-order valence-corrected chi connectivity index (χ1v) is 26.6. The third-order valence-electron chi connectivity index (χ3n) is 17.1. The summed E-state index contributed by atoms with van der Waals surface area (Å²) in [5.74, 6) is 0.290. The summed E-state index contributed by atoms with van der Waals surface area (Å²) in [6, 6.07) is 78.7. The van der Waals surface area contributed by atoms with E-state index in [-0.39, 0.29) is 5.41 Å². The average molecular weight is 936 g/mol. The van der Waals surface area contributed by atoms with Gasteiger partial charge in [-0.1, -0.05) is 242 Å². The lowest BCUT2D eigenvalue weighted by molar-refractivity contribution is 0.405. The molecule has 0 saturated carbocycles. The van der Waals surface area contributed by atoms with Crippen molar-refractivity contribution in [1.29, 1.82) is 0 Å². The summed E-state index contributed by atoms with van der Waals surface area (Å²) in [7, 11) is 0. The van der Waals surface area contributed by atoms with Crippen LogP contribution in [-0.2, 0) is 10.8 Å². The van der Waals surface area contributed by atoms with Gasteiger partial charge in [0.25, 0.3) is 0 Å². The Morgan fingerprint density at radius 1 is 0.425 bits per heavy atom. The van der Waals surface area contributed by atoms with Gasteiger partial charge in [0.2, 0.25) is 0 Å². The zero-order valence-electron chi connectivity index (χ0n) is 41.2. The lowest BCUT2D eigenvalue weighted by Crippen LogP contribution is -2.36. The quantitative estimate of drug-likeness (QED) is 0.130. The lowest BCUT2D eigenvalue weighted by atomic mass is 9.62. The van der Waals surface area contributed by atoms with E-state index in [2.05, 4.69) is 260 Å². The average Bonchev–Trinajstić information content (AvgIpc) is 3.96. The highest BCUT2D eigenvalue weighted by molar-refractivity contribution is 6.08. The first-order valence-electron chi connectivity index (χ1n) is 26.6. The van der Waals surface area contributed by atoms with Crippen LogP contribution in [0.15, 0.2) is 266 Å². The Balaban J connectivity index is 1.09. The van der Waals surface area contributed by atoms with Crippen LogP contribution in [0.4, 0.5) is 17.1 Å². The highest BCUT2D eigenvalue weighted by Gasteiger charge is 2.51. The molecular formula is C72H57N. The van der Waals surface area contributed by atoms with E-state index in [1.165, 1.54) is 106 Å². The summed E-state index contributed by atoms with van der Waals surface area (Å²) in [5, 5.41) is 2.46. The molecule has 9 aromatic carbocycles. The number of allylic oxidation sites excluding steroid dienone is 10. The summed E-state index contributed by atoms with van der Waals surface area (Å²) >= 11 is 0. The van der Waals surface area contributed by atoms with E-state index in [0.717, 1.165) is 49.9 Å². The van der Waals surface area contributed by atoms with Crippen molar-refractivity contribution >= 4 is 27.8 Å². The lowest BCUT2D eigenvalue weighted by Gasteiger charge is -2.41. The minimum absolute atomic E-state index is 0.290. The van der Waals surface area contributed by atoms with Crippen molar-refractivity contribution in [3.05, 3.63) is 294 Å². The predicted molar refractivity (Wildman–Crippen MR) is 307 cm³/mol. The number of fused-ring (bicyclic) bond motifs is 7. The van der Waals surface area contributed by atoms with Crippen molar-refractivity contribution in [2.45, 2.75) is 55.8 Å². The van der Waals surface area contributed by atoms with Gasteiger partial charge in [0, 0.05) is 16.8 Å². The number of hydrogen-bond donors (Lipinski definition) is 0. The van der Waals surface area contributed by atoms with Crippen molar-refractivity contribution in [2.75, 3.05) is 4.90 Å². The summed E-state index contributed by atoms with van der Waals surface area (Å²) in [4.78, 5) is 2.67. The summed E-state index contributed by atoms with van der Waals surface area (Å²) in [5.41, 5.74) is 22.8. The molecule has 0 N–H and O–H groups in total. The Kier molecular flexibility index (Phi) is 10.6. The van der Waals surface area contributed by atoms with Crippen LogP contribution in [0.3, 0.4) is 0 Å². The van der Waals surface area contributed by atoms with Gasteiger partial charge in [-0.3, -0.25) is 0 Å². The molecule has 0 bridgehead atoms. The Morgan fingerprint density at radius 3 is 1.79 bits per heavy atom. The molecule has 5 aliphatic rings. The second kappa shape index (κ2) is 17.8. The van der Waals surface area contributed by atoms with Gasteiger partial charge in [-0.25, -0.2) is 0 Å². The van der Waals surface area contributed by atoms with E-state index in [1.54, 1.807) is 0 Å². The fourth-order valence-electron chi connectivity index (χ4n) is 14.1. The largest absolute Gasteiger partial charge is 0.309 e. The van der Waals surface area contributed by atoms with Gasteiger partial charge < -0.3 is 4.90 Å². The zero-order chi connectivity index (χ0) is 48.3. The van der Waals surface area contributed by atoms with Gasteiger partial charge >= 0.3 is 0 Å². The normalized spacial score (nSPS) is 18.9. The van der Waals surface area contributed by atoms with Crippen LogP contribution in [0.2, 0.25) is 0 Å². The van der Waals surface area contributed by atoms with Crippen LogP contribution in [0.5, 0.6) is 0 Å². The molecule has 0 radical (unpaired) electrons. The maximum atomic E-state index is 2.67. The molecule has 0 saturated heterocycles. The van der Waals surface area contributed by atoms with Gasteiger partial charge in [0.1, 0.15) is 0 Å². The van der Waals surface area contributed by atoms with Gasteiger partial charge in [-0.15, -0.1) is 0 Å². The molecule has 9 aromatic rings. The fraction of sp³-hybridized carbons (Fsp3) is 0.139. The smallest absolute Gasteiger partial charge is 0.0640 e. The minimum Gasteiger partial charge on any atom is -0.309 e. The second-order valence-corrected chi connectivity index (χ2v) is 20.7. The molecule has 1 nitrogen and oxygen atoms in total. The summed E-state index contributed by atoms with van der Waals surface area (Å²) in [6.07, 6.45) is 26.8. The van der Waals surface area contributed by atoms with E-state index < -0.39 is 5.41 Å². The van der Waals surface area contributed by atoms with Gasteiger partial charge in [-0.05, 0) is 147 Å². The van der Waals surface area contributed by atoms with E-state index in [0.29, 0.717) is 5.92 Å². The Labute approximate surface area is 430 Å². The Bertz CT molecular complexity index is 3740. The van der Waals surface area contributed by atoms with Gasteiger partial charge in [-0.2, -0.15) is 0 Å². The Hall–Kier alpha value is -8.26. The molecule has 0 spiro atoms. The van der Waals surface area contributed by atoms with Crippen LogP contribution in [0, 0.1) is 5.92 Å². The highest BCUT2D eigenvalue weighted by Crippen LogP contribution is 2.64. The van der Waals surface area contributed by atoms with E-state index in [9.17, 15) is 0 Å². The van der Waals surface area contributed by atoms with Crippen LogP contribution in [0.25, 0.3) is 55.3 Å². The van der Waals surface area contributed by atoms with Crippen LogP contribution in [0.1, 0.15) is 72.8 Å². The molecule has 73 heavy (non-hydrogen) atoms. The molecule has 350 valence electrons. The van der Waals surface area contributed by atoms with Crippen LogP contribution >= 0.6 is 0 Å². The Morgan fingerprint density at radius 2 is 1.05 bits per heavy atom. The van der Waals surface area contributed by atoms with Crippen LogP contribution in [-0.4, -0.2) is 0 Å². The molecule has 0 aromatic heterocycles. The molecule has 2 unspecified atom stereocenters. The summed E-state index contributed by atoms with van der Waals surface area (Å²) in [6.45, 7) is 0. The van der Waals surface area contributed by atoms with Crippen molar-refractivity contribution in [1.82, 2.24) is 0 Å².